The van der Waals surface area contributed by atoms with Gasteiger partial charge in [0.25, 0.3) is 0 Å². The zero-order chi connectivity index (χ0) is 12.3. The number of hydrogen-bond donors (Lipinski definition) is 1. The van der Waals surface area contributed by atoms with E-state index < -0.39 is 24.5 Å². The van der Waals surface area contributed by atoms with Gasteiger partial charge in [0, 0.05) is 19.5 Å². The van der Waals surface area contributed by atoms with Crippen LogP contribution >= 0.6 is 0 Å². The van der Waals surface area contributed by atoms with Gasteiger partial charge >= 0.3 is 12.1 Å². The highest BCUT2D eigenvalue weighted by Gasteiger charge is 2.35. The van der Waals surface area contributed by atoms with Crippen molar-refractivity contribution in [3.63, 3.8) is 0 Å². The van der Waals surface area contributed by atoms with E-state index in [1.165, 1.54) is 0 Å². The number of aliphatic carboxylic acids is 1. The molecule has 0 saturated carbocycles. The molecule has 1 atom stereocenters. The van der Waals surface area contributed by atoms with Crippen molar-refractivity contribution in [2.75, 3.05) is 19.6 Å². The first kappa shape index (κ1) is 13.3. The van der Waals surface area contributed by atoms with Gasteiger partial charge in [-0.2, -0.15) is 13.2 Å². The first-order valence-corrected chi connectivity index (χ1v) is 5.31. The van der Waals surface area contributed by atoms with Crippen molar-refractivity contribution in [2.24, 2.45) is 11.8 Å². The van der Waals surface area contributed by atoms with Crippen LogP contribution in [0.1, 0.15) is 19.8 Å². The Balaban J connectivity index is 2.11. The van der Waals surface area contributed by atoms with E-state index in [4.69, 9.17) is 5.11 Å². The number of halogens is 3. The van der Waals surface area contributed by atoms with Crippen molar-refractivity contribution < 1.29 is 23.1 Å². The molecule has 16 heavy (non-hydrogen) atoms. The number of carboxylic acids is 1. The molecule has 1 fully saturated rings. The Bertz CT molecular complexity index is 249. The lowest BCUT2D eigenvalue weighted by molar-refractivity contribution is -0.145. The number of alkyl halides is 3. The van der Waals surface area contributed by atoms with E-state index in [1.54, 1.807) is 6.92 Å². The van der Waals surface area contributed by atoms with Crippen LogP contribution in [0, 0.1) is 11.8 Å². The molecule has 94 valence electrons. The first-order valence-electron chi connectivity index (χ1n) is 5.31. The van der Waals surface area contributed by atoms with E-state index in [0.717, 1.165) is 0 Å². The monoisotopic (exact) mass is 239 g/mol. The summed E-state index contributed by atoms with van der Waals surface area (Å²) in [6.07, 6.45) is -4.75. The second-order valence-electron chi connectivity index (χ2n) is 4.37. The predicted molar refractivity (Wildman–Crippen MR) is 52.0 cm³/mol. The molecule has 1 N–H and O–H groups in total. The molecule has 1 rings (SSSR count). The second kappa shape index (κ2) is 5.03. The van der Waals surface area contributed by atoms with Crippen LogP contribution in [-0.4, -0.2) is 41.8 Å². The number of rotatable bonds is 5. The number of carboxylic acid groups (broad SMARTS) is 1. The van der Waals surface area contributed by atoms with Gasteiger partial charge in [0.1, 0.15) is 0 Å². The van der Waals surface area contributed by atoms with Gasteiger partial charge in [-0.1, -0.05) is 6.92 Å². The highest BCUT2D eigenvalue weighted by atomic mass is 19.4. The third kappa shape index (κ3) is 4.00. The average molecular weight is 239 g/mol. The Morgan fingerprint density at radius 3 is 2.50 bits per heavy atom. The van der Waals surface area contributed by atoms with Crippen molar-refractivity contribution in [1.82, 2.24) is 4.90 Å². The standard InChI is InChI=1S/C10H16F3NO2/c1-7(9(15)16)8-5-14(6-8)4-2-3-10(11,12)13/h7-8H,2-6H2,1H3,(H,15,16). The Hall–Kier alpha value is -0.780. The van der Waals surface area contributed by atoms with Gasteiger partial charge in [0.05, 0.1) is 5.92 Å². The van der Waals surface area contributed by atoms with Crippen molar-refractivity contribution in [3.8, 4) is 0 Å². The summed E-state index contributed by atoms with van der Waals surface area (Å²) < 4.78 is 35.5. The Labute approximate surface area is 92.2 Å². The molecule has 1 unspecified atom stereocenters. The number of carbonyl (C=O) groups is 1. The smallest absolute Gasteiger partial charge is 0.389 e. The minimum absolute atomic E-state index is 0.0865. The van der Waals surface area contributed by atoms with E-state index >= 15 is 0 Å². The van der Waals surface area contributed by atoms with Gasteiger partial charge < -0.3 is 10.0 Å². The largest absolute Gasteiger partial charge is 0.481 e. The predicted octanol–water partition coefficient (Wildman–Crippen LogP) is 1.98. The van der Waals surface area contributed by atoms with Crippen molar-refractivity contribution in [2.45, 2.75) is 25.9 Å². The fourth-order valence-corrected chi connectivity index (χ4v) is 1.81. The topological polar surface area (TPSA) is 40.5 Å². The van der Waals surface area contributed by atoms with Crippen LogP contribution in [0.25, 0.3) is 0 Å². The summed E-state index contributed by atoms with van der Waals surface area (Å²) in [7, 11) is 0. The lowest BCUT2D eigenvalue weighted by Gasteiger charge is -2.41. The minimum Gasteiger partial charge on any atom is -0.481 e. The highest BCUT2D eigenvalue weighted by Crippen LogP contribution is 2.26. The molecule has 1 aliphatic rings. The van der Waals surface area contributed by atoms with Crippen LogP contribution in [0.4, 0.5) is 13.2 Å². The van der Waals surface area contributed by atoms with Crippen LogP contribution in [0.5, 0.6) is 0 Å². The summed E-state index contributed by atoms with van der Waals surface area (Å²) in [5.74, 6) is -1.15. The lowest BCUT2D eigenvalue weighted by Crippen LogP contribution is -2.51. The maximum Gasteiger partial charge on any atom is 0.389 e. The van der Waals surface area contributed by atoms with E-state index in [2.05, 4.69) is 0 Å². The number of nitrogens with zero attached hydrogens (tertiary/aromatic N) is 1. The molecule has 0 aliphatic carbocycles. The Morgan fingerprint density at radius 2 is 2.06 bits per heavy atom. The average Bonchev–Trinajstić information content (AvgIpc) is 2.05. The fourth-order valence-electron chi connectivity index (χ4n) is 1.81. The Kier molecular flexibility index (Phi) is 4.18. The lowest BCUT2D eigenvalue weighted by atomic mass is 9.87. The van der Waals surface area contributed by atoms with E-state index in [-0.39, 0.29) is 12.3 Å². The van der Waals surface area contributed by atoms with Crippen molar-refractivity contribution in [3.05, 3.63) is 0 Å². The van der Waals surface area contributed by atoms with E-state index in [1.807, 2.05) is 4.90 Å². The summed E-state index contributed by atoms with van der Waals surface area (Å²) in [5.41, 5.74) is 0. The van der Waals surface area contributed by atoms with Crippen LogP contribution in [0.15, 0.2) is 0 Å². The third-order valence-corrected chi connectivity index (χ3v) is 3.02. The molecule has 1 saturated heterocycles. The first-order chi connectivity index (χ1) is 7.29. The zero-order valence-corrected chi connectivity index (χ0v) is 9.13. The van der Waals surface area contributed by atoms with Crippen LogP contribution in [0.3, 0.4) is 0 Å². The quantitative estimate of drug-likeness (QED) is 0.797. The molecule has 6 heteroatoms. The van der Waals surface area contributed by atoms with E-state index in [0.29, 0.717) is 19.6 Å². The molecular weight excluding hydrogens is 223 g/mol. The Morgan fingerprint density at radius 1 is 1.50 bits per heavy atom. The molecule has 0 spiro atoms. The summed E-state index contributed by atoms with van der Waals surface area (Å²) in [6.45, 7) is 3.25. The molecule has 0 aromatic rings. The van der Waals surface area contributed by atoms with Gasteiger partial charge in [-0.3, -0.25) is 4.79 Å². The minimum atomic E-state index is -4.08. The number of likely N-dealkylation sites (tertiary alicyclic amines) is 1. The van der Waals surface area contributed by atoms with E-state index in [9.17, 15) is 18.0 Å². The van der Waals surface area contributed by atoms with Gasteiger partial charge in [0.2, 0.25) is 0 Å². The molecule has 0 aromatic carbocycles. The molecule has 0 radical (unpaired) electrons. The van der Waals surface area contributed by atoms with Gasteiger partial charge in [-0.15, -0.1) is 0 Å². The van der Waals surface area contributed by atoms with Crippen molar-refractivity contribution in [1.29, 1.82) is 0 Å². The molecule has 0 amide bonds. The maximum absolute atomic E-state index is 11.8. The van der Waals surface area contributed by atoms with Crippen LogP contribution in [0.2, 0.25) is 0 Å². The maximum atomic E-state index is 11.8. The summed E-state index contributed by atoms with van der Waals surface area (Å²) in [5, 5.41) is 8.72. The van der Waals surface area contributed by atoms with Gasteiger partial charge in [0.15, 0.2) is 0 Å². The SMILES string of the molecule is CC(C(=O)O)C1CN(CCCC(F)(F)F)C1. The molecular formula is C10H16F3NO2. The van der Waals surface area contributed by atoms with Gasteiger partial charge in [-0.05, 0) is 18.9 Å². The van der Waals surface area contributed by atoms with Crippen LogP contribution in [-0.2, 0) is 4.79 Å². The van der Waals surface area contributed by atoms with Crippen molar-refractivity contribution >= 4 is 5.97 Å². The summed E-state index contributed by atoms with van der Waals surface area (Å²) in [6, 6.07) is 0. The normalized spacial score (nSPS) is 20.5. The molecule has 3 nitrogen and oxygen atoms in total. The summed E-state index contributed by atoms with van der Waals surface area (Å²) in [4.78, 5) is 12.5. The zero-order valence-electron chi connectivity index (χ0n) is 9.13. The second-order valence-corrected chi connectivity index (χ2v) is 4.37. The highest BCUT2D eigenvalue weighted by molar-refractivity contribution is 5.70. The molecule has 0 aromatic heterocycles. The molecule has 1 aliphatic heterocycles. The molecule has 0 bridgehead atoms. The third-order valence-electron chi connectivity index (χ3n) is 3.02. The number of hydrogen-bond acceptors (Lipinski definition) is 2. The van der Waals surface area contributed by atoms with Crippen LogP contribution < -0.4 is 0 Å². The summed E-state index contributed by atoms with van der Waals surface area (Å²) >= 11 is 0. The van der Waals surface area contributed by atoms with Gasteiger partial charge in [-0.25, -0.2) is 0 Å². The molecule has 1 heterocycles. The fraction of sp³-hybridized carbons (Fsp3) is 0.900.